The molecule has 0 aromatic heterocycles. The molecule has 0 aliphatic heterocycles. The lowest BCUT2D eigenvalue weighted by atomic mass is 9.81. The minimum atomic E-state index is -3.43. The normalized spacial score (nSPS) is 12.6. The van der Waals surface area contributed by atoms with E-state index in [4.69, 9.17) is 5.11 Å². The number of carboxylic acids is 1. The van der Waals surface area contributed by atoms with E-state index in [1.807, 2.05) is 13.8 Å². The van der Waals surface area contributed by atoms with Crippen LogP contribution in [-0.2, 0) is 15.8 Å². The van der Waals surface area contributed by atoms with Crippen LogP contribution in [0.1, 0.15) is 43.6 Å². The fourth-order valence-corrected chi connectivity index (χ4v) is 2.84. The van der Waals surface area contributed by atoms with E-state index in [2.05, 4.69) is 18.6 Å². The van der Waals surface area contributed by atoms with Crippen LogP contribution in [0.4, 0.5) is 0 Å². The summed E-state index contributed by atoms with van der Waals surface area (Å²) in [6, 6.07) is 5.86. The molecule has 0 bridgehead atoms. The Balaban J connectivity index is 2.70. The van der Waals surface area contributed by atoms with Gasteiger partial charge < -0.3 is 5.11 Å². The van der Waals surface area contributed by atoms with Crippen LogP contribution in [0.25, 0.3) is 0 Å². The minimum Gasteiger partial charge on any atom is -0.478 e. The van der Waals surface area contributed by atoms with Crippen molar-refractivity contribution in [2.45, 2.75) is 33.4 Å². The van der Waals surface area contributed by atoms with E-state index in [-0.39, 0.29) is 16.7 Å². The molecule has 118 valence electrons. The average molecular weight is 313 g/mol. The summed E-state index contributed by atoms with van der Waals surface area (Å²) >= 11 is 0. The van der Waals surface area contributed by atoms with Crippen molar-refractivity contribution < 1.29 is 18.3 Å². The van der Waals surface area contributed by atoms with Gasteiger partial charge in [0.25, 0.3) is 0 Å². The van der Waals surface area contributed by atoms with Crippen LogP contribution < -0.4 is 4.72 Å². The molecule has 1 aromatic rings. The molecule has 0 saturated carbocycles. The van der Waals surface area contributed by atoms with Crippen LogP contribution in [-0.4, -0.2) is 26.0 Å². The van der Waals surface area contributed by atoms with Gasteiger partial charge >= 0.3 is 5.97 Å². The zero-order valence-electron chi connectivity index (χ0n) is 12.9. The maximum absolute atomic E-state index is 12.1. The molecule has 0 unspecified atom stereocenters. The second kappa shape index (κ2) is 6.58. The topological polar surface area (TPSA) is 83.5 Å². The lowest BCUT2D eigenvalue weighted by Gasteiger charge is -2.29. The molecule has 0 aliphatic rings. The summed E-state index contributed by atoms with van der Waals surface area (Å²) in [7, 11) is -3.43. The summed E-state index contributed by atoms with van der Waals surface area (Å²) < 4.78 is 26.7. The number of carbonyl (C=O) groups is 1. The molecule has 1 rings (SSSR count). The van der Waals surface area contributed by atoms with Crippen LogP contribution in [0, 0.1) is 11.3 Å². The van der Waals surface area contributed by atoms with E-state index in [9.17, 15) is 13.2 Å². The van der Waals surface area contributed by atoms with E-state index in [0.717, 1.165) is 0 Å². The quantitative estimate of drug-likeness (QED) is 0.810. The Morgan fingerprint density at radius 1 is 1.24 bits per heavy atom. The molecule has 0 spiro atoms. The first-order chi connectivity index (χ1) is 9.53. The van der Waals surface area contributed by atoms with E-state index in [0.29, 0.717) is 18.0 Å². The summed E-state index contributed by atoms with van der Waals surface area (Å²) in [6.45, 7) is 8.52. The summed E-state index contributed by atoms with van der Waals surface area (Å²) in [6.07, 6.45) is 0. The van der Waals surface area contributed by atoms with Crippen molar-refractivity contribution in [2.75, 3.05) is 6.54 Å². The number of sulfonamides is 1. The summed E-state index contributed by atoms with van der Waals surface area (Å²) in [5.41, 5.74) is 0.583. The van der Waals surface area contributed by atoms with Crippen LogP contribution in [0.5, 0.6) is 0 Å². The van der Waals surface area contributed by atoms with Crippen molar-refractivity contribution in [1.29, 1.82) is 0 Å². The van der Waals surface area contributed by atoms with Gasteiger partial charge in [-0.2, -0.15) is 0 Å². The molecular formula is C15H23NO4S. The third-order valence-corrected chi connectivity index (χ3v) is 5.17. The summed E-state index contributed by atoms with van der Waals surface area (Å²) in [5, 5.41) is 8.80. The second-order valence-electron chi connectivity index (χ2n) is 6.23. The molecule has 5 nitrogen and oxygen atoms in total. The molecule has 0 aliphatic carbocycles. The molecule has 0 radical (unpaired) electrons. The van der Waals surface area contributed by atoms with Gasteiger partial charge in [0.05, 0.1) is 11.3 Å². The van der Waals surface area contributed by atoms with Gasteiger partial charge in [-0.25, -0.2) is 17.9 Å². The van der Waals surface area contributed by atoms with Gasteiger partial charge in [-0.05, 0) is 29.0 Å². The SMILES string of the molecule is CC(C)C(C)(C)CNS(=O)(=O)Cc1ccc(C(=O)O)cc1. The Bertz CT molecular complexity index is 589. The van der Waals surface area contributed by atoms with Gasteiger partial charge in [-0.3, -0.25) is 0 Å². The third kappa shape index (κ3) is 5.47. The fraction of sp³-hybridized carbons (Fsp3) is 0.533. The Morgan fingerprint density at radius 2 is 1.76 bits per heavy atom. The molecule has 0 heterocycles. The fourth-order valence-electron chi connectivity index (χ4n) is 1.51. The summed E-state index contributed by atoms with van der Waals surface area (Å²) in [4.78, 5) is 10.7. The maximum Gasteiger partial charge on any atom is 0.335 e. The van der Waals surface area contributed by atoms with E-state index in [1.54, 1.807) is 0 Å². The molecule has 2 N–H and O–H groups in total. The van der Waals surface area contributed by atoms with Crippen molar-refractivity contribution in [3.8, 4) is 0 Å². The van der Waals surface area contributed by atoms with Gasteiger partial charge in [-0.1, -0.05) is 39.8 Å². The smallest absolute Gasteiger partial charge is 0.335 e. The first-order valence-electron chi connectivity index (χ1n) is 6.83. The monoisotopic (exact) mass is 313 g/mol. The number of nitrogens with one attached hydrogen (secondary N) is 1. The van der Waals surface area contributed by atoms with Gasteiger partial charge in [0.1, 0.15) is 0 Å². The van der Waals surface area contributed by atoms with Crippen LogP contribution in [0.2, 0.25) is 0 Å². The number of hydrogen-bond acceptors (Lipinski definition) is 3. The van der Waals surface area contributed by atoms with Crippen molar-refractivity contribution in [3.05, 3.63) is 35.4 Å². The highest BCUT2D eigenvalue weighted by Gasteiger charge is 2.24. The number of carboxylic acid groups (broad SMARTS) is 1. The summed E-state index contributed by atoms with van der Waals surface area (Å²) in [5.74, 6) is -0.822. The molecule has 0 atom stereocenters. The molecule has 0 saturated heterocycles. The Morgan fingerprint density at radius 3 is 2.19 bits per heavy atom. The molecule has 6 heteroatoms. The minimum absolute atomic E-state index is 0.125. The molecule has 0 amide bonds. The van der Waals surface area contributed by atoms with E-state index >= 15 is 0 Å². The Labute approximate surface area is 126 Å². The van der Waals surface area contributed by atoms with Crippen molar-refractivity contribution >= 4 is 16.0 Å². The Hall–Kier alpha value is -1.40. The van der Waals surface area contributed by atoms with Gasteiger partial charge in [0, 0.05) is 6.54 Å². The number of rotatable bonds is 7. The average Bonchev–Trinajstić information content (AvgIpc) is 2.37. The van der Waals surface area contributed by atoms with Gasteiger partial charge in [0.2, 0.25) is 10.0 Å². The van der Waals surface area contributed by atoms with E-state index < -0.39 is 16.0 Å². The molecular weight excluding hydrogens is 290 g/mol. The van der Waals surface area contributed by atoms with Crippen molar-refractivity contribution in [1.82, 2.24) is 4.72 Å². The van der Waals surface area contributed by atoms with E-state index in [1.165, 1.54) is 24.3 Å². The Kier molecular flexibility index (Phi) is 5.53. The third-order valence-electron chi connectivity index (χ3n) is 3.87. The number of hydrogen-bond donors (Lipinski definition) is 2. The highest BCUT2D eigenvalue weighted by Crippen LogP contribution is 2.25. The lowest BCUT2D eigenvalue weighted by Crippen LogP contribution is -2.37. The van der Waals surface area contributed by atoms with Crippen molar-refractivity contribution in [3.63, 3.8) is 0 Å². The molecule has 21 heavy (non-hydrogen) atoms. The zero-order valence-corrected chi connectivity index (χ0v) is 13.7. The predicted molar refractivity (Wildman–Crippen MR) is 82.6 cm³/mol. The zero-order chi connectivity index (χ0) is 16.3. The standard InChI is InChI=1S/C15H23NO4S/c1-11(2)15(3,4)10-16-21(19,20)9-12-5-7-13(8-6-12)14(17)18/h5-8,11,16H,9-10H2,1-4H3,(H,17,18). The van der Waals surface area contributed by atoms with Crippen LogP contribution in [0.3, 0.4) is 0 Å². The van der Waals surface area contributed by atoms with Gasteiger partial charge in [0.15, 0.2) is 0 Å². The largest absolute Gasteiger partial charge is 0.478 e. The van der Waals surface area contributed by atoms with Crippen molar-refractivity contribution in [2.24, 2.45) is 11.3 Å². The van der Waals surface area contributed by atoms with Crippen LogP contribution in [0.15, 0.2) is 24.3 Å². The molecule has 0 fully saturated rings. The van der Waals surface area contributed by atoms with Gasteiger partial charge in [-0.15, -0.1) is 0 Å². The maximum atomic E-state index is 12.1. The number of benzene rings is 1. The highest BCUT2D eigenvalue weighted by atomic mass is 32.2. The first-order valence-corrected chi connectivity index (χ1v) is 8.48. The lowest BCUT2D eigenvalue weighted by molar-refractivity contribution is 0.0697. The predicted octanol–water partition coefficient (Wildman–Crippen LogP) is 2.49. The number of aromatic carboxylic acids is 1. The highest BCUT2D eigenvalue weighted by molar-refractivity contribution is 7.88. The molecule has 1 aromatic carbocycles. The van der Waals surface area contributed by atoms with Crippen LogP contribution >= 0.6 is 0 Å². The first kappa shape index (κ1) is 17.7. The second-order valence-corrected chi connectivity index (χ2v) is 8.03.